The molecule has 0 radical (unpaired) electrons. The van der Waals surface area contributed by atoms with Crippen LogP contribution in [0.4, 0.5) is 13.2 Å². The van der Waals surface area contributed by atoms with E-state index < -0.39 is 15.5 Å². The van der Waals surface area contributed by atoms with Gasteiger partial charge in [0.2, 0.25) is 0 Å². The van der Waals surface area contributed by atoms with E-state index in [1.807, 2.05) is 0 Å². The van der Waals surface area contributed by atoms with Crippen molar-refractivity contribution >= 4 is 27.3 Å². The molecule has 160 valence electrons. The molecule has 0 saturated carbocycles. The lowest BCUT2D eigenvalue weighted by molar-refractivity contribution is -0.0496. The predicted octanol–water partition coefficient (Wildman–Crippen LogP) is 2.71. The Morgan fingerprint density at radius 3 is 2.50 bits per heavy atom. The summed E-state index contributed by atoms with van der Waals surface area (Å²) in [6.45, 7) is 4.42. The van der Waals surface area contributed by atoms with Gasteiger partial charge in [0.25, 0.3) is 0 Å². The summed E-state index contributed by atoms with van der Waals surface area (Å²) in [7, 11) is -3.56. The lowest BCUT2D eigenvalue weighted by Crippen LogP contribution is -2.48. The van der Waals surface area contributed by atoms with E-state index in [0.717, 1.165) is 6.42 Å². The largest absolute Gasteiger partial charge is 0.511 e. The van der Waals surface area contributed by atoms with Crippen molar-refractivity contribution in [3.63, 3.8) is 0 Å². The van der Waals surface area contributed by atoms with Gasteiger partial charge in [-0.15, -0.1) is 11.3 Å². The number of sulfonamides is 1. The van der Waals surface area contributed by atoms with Crippen molar-refractivity contribution in [2.24, 2.45) is 10.9 Å². The molecular formula is C17H27F3N4O2S2. The smallest absolute Gasteiger partial charge is 0.356 e. The number of aryl methyl sites for hydroxylation is 1. The first kappa shape index (κ1) is 23.0. The van der Waals surface area contributed by atoms with E-state index in [2.05, 4.69) is 41.6 Å². The maximum absolute atomic E-state index is 12.6. The van der Waals surface area contributed by atoms with Crippen molar-refractivity contribution in [2.75, 3.05) is 26.7 Å². The van der Waals surface area contributed by atoms with Crippen LogP contribution >= 0.6 is 11.3 Å². The molecule has 0 bridgehead atoms. The van der Waals surface area contributed by atoms with Crippen molar-refractivity contribution in [2.45, 2.75) is 44.7 Å². The summed E-state index contributed by atoms with van der Waals surface area (Å²) in [5.41, 5.74) is -5.23. The zero-order chi connectivity index (χ0) is 20.9. The molecular weight excluding hydrogens is 413 g/mol. The lowest BCUT2D eigenvalue weighted by Gasteiger charge is -2.32. The van der Waals surface area contributed by atoms with Crippen LogP contribution in [0.15, 0.2) is 17.1 Å². The van der Waals surface area contributed by atoms with Crippen LogP contribution in [0.5, 0.6) is 0 Å². The number of aliphatic imine (C=N–C) groups is 1. The zero-order valence-electron chi connectivity index (χ0n) is 16.2. The molecule has 1 saturated heterocycles. The third-order valence-electron chi connectivity index (χ3n) is 4.67. The monoisotopic (exact) mass is 440 g/mol. The average molecular weight is 441 g/mol. The Balaban J connectivity index is 1.77. The molecule has 6 nitrogen and oxygen atoms in total. The number of alkyl halides is 3. The maximum Gasteiger partial charge on any atom is 0.511 e. The van der Waals surface area contributed by atoms with Crippen LogP contribution in [0.25, 0.3) is 0 Å². The minimum Gasteiger partial charge on any atom is -0.356 e. The Kier molecular flexibility index (Phi) is 7.74. The van der Waals surface area contributed by atoms with E-state index in [9.17, 15) is 21.6 Å². The van der Waals surface area contributed by atoms with Gasteiger partial charge >= 0.3 is 15.5 Å². The summed E-state index contributed by atoms with van der Waals surface area (Å²) >= 11 is 1.76. The molecule has 28 heavy (non-hydrogen) atoms. The molecule has 0 aliphatic carbocycles. The molecule has 1 aromatic heterocycles. The van der Waals surface area contributed by atoms with Crippen LogP contribution in [-0.2, 0) is 16.4 Å². The number of nitrogens with one attached hydrogen (secondary N) is 2. The fourth-order valence-electron chi connectivity index (χ4n) is 3.12. The first-order valence-electron chi connectivity index (χ1n) is 9.12. The fraction of sp³-hybridized carbons (Fsp3) is 0.706. The number of halogens is 3. The third kappa shape index (κ3) is 6.08. The van der Waals surface area contributed by atoms with Gasteiger partial charge in [0.05, 0.1) is 0 Å². The van der Waals surface area contributed by atoms with Crippen LogP contribution < -0.4 is 10.6 Å². The Morgan fingerprint density at radius 2 is 2.00 bits per heavy atom. The zero-order valence-corrected chi connectivity index (χ0v) is 17.8. The highest BCUT2D eigenvalue weighted by molar-refractivity contribution is 7.90. The average Bonchev–Trinajstić information content (AvgIpc) is 3.02. The Morgan fingerprint density at radius 1 is 1.36 bits per heavy atom. The van der Waals surface area contributed by atoms with Crippen LogP contribution in [0.3, 0.4) is 0 Å². The highest BCUT2D eigenvalue weighted by atomic mass is 32.2. The molecule has 2 rings (SSSR count). The van der Waals surface area contributed by atoms with Gasteiger partial charge < -0.3 is 10.6 Å². The minimum absolute atomic E-state index is 0.0912. The summed E-state index contributed by atoms with van der Waals surface area (Å²) in [6, 6.07) is 4.37. The normalized spacial score (nSPS) is 18.9. The molecule has 11 heteroatoms. The second kappa shape index (κ2) is 9.45. The number of hydrogen-bond donors (Lipinski definition) is 2. The predicted molar refractivity (Wildman–Crippen MR) is 106 cm³/mol. The molecule has 1 unspecified atom stereocenters. The van der Waals surface area contributed by atoms with Crippen LogP contribution in [0, 0.1) is 12.8 Å². The summed E-state index contributed by atoms with van der Waals surface area (Å²) in [5.74, 6) is 0.722. The van der Waals surface area contributed by atoms with Gasteiger partial charge in [0.15, 0.2) is 5.96 Å². The molecule has 1 aliphatic heterocycles. The van der Waals surface area contributed by atoms with Gasteiger partial charge in [-0.05, 0) is 44.7 Å². The minimum atomic E-state index is -5.23. The van der Waals surface area contributed by atoms with Gasteiger partial charge in [-0.1, -0.05) is 0 Å². The molecule has 0 aromatic carbocycles. The Hall–Kier alpha value is -1.33. The number of hydrogen-bond acceptors (Lipinski definition) is 4. The van der Waals surface area contributed by atoms with E-state index in [1.54, 1.807) is 18.4 Å². The van der Waals surface area contributed by atoms with Gasteiger partial charge in [0, 0.05) is 48.9 Å². The first-order valence-corrected chi connectivity index (χ1v) is 11.4. The van der Waals surface area contributed by atoms with Gasteiger partial charge in [-0.2, -0.15) is 17.5 Å². The molecule has 2 N–H and O–H groups in total. The summed E-state index contributed by atoms with van der Waals surface area (Å²) < 4.78 is 61.3. The van der Waals surface area contributed by atoms with E-state index >= 15 is 0 Å². The number of nitrogens with zero attached hydrogens (tertiary/aromatic N) is 2. The highest BCUT2D eigenvalue weighted by Crippen LogP contribution is 2.30. The van der Waals surface area contributed by atoms with E-state index in [0.29, 0.717) is 29.7 Å². The first-order chi connectivity index (χ1) is 13.0. The number of guanidine groups is 1. The van der Waals surface area contributed by atoms with Crippen molar-refractivity contribution in [1.82, 2.24) is 14.9 Å². The van der Waals surface area contributed by atoms with Crippen LogP contribution in [-0.4, -0.2) is 56.9 Å². The topological polar surface area (TPSA) is 73.8 Å². The molecule has 1 fully saturated rings. The summed E-state index contributed by atoms with van der Waals surface area (Å²) in [4.78, 5) is 6.74. The van der Waals surface area contributed by atoms with Crippen molar-refractivity contribution in [1.29, 1.82) is 0 Å². The fourth-order valence-corrected chi connectivity index (χ4v) is 5.12. The maximum atomic E-state index is 12.6. The van der Waals surface area contributed by atoms with Crippen molar-refractivity contribution in [3.05, 3.63) is 21.9 Å². The van der Waals surface area contributed by atoms with E-state index in [-0.39, 0.29) is 25.0 Å². The molecule has 1 aromatic rings. The Bertz CT molecular complexity index is 770. The number of piperidine rings is 1. The summed E-state index contributed by atoms with van der Waals surface area (Å²) in [6.07, 6.45) is 1.62. The molecule has 1 aliphatic rings. The van der Waals surface area contributed by atoms with E-state index in [1.165, 1.54) is 9.75 Å². The van der Waals surface area contributed by atoms with Gasteiger partial charge in [-0.3, -0.25) is 4.99 Å². The third-order valence-corrected chi connectivity index (χ3v) is 7.33. The number of thiophene rings is 1. The van der Waals surface area contributed by atoms with Crippen molar-refractivity contribution in [3.8, 4) is 0 Å². The number of rotatable bonds is 6. The van der Waals surface area contributed by atoms with E-state index in [4.69, 9.17) is 0 Å². The standard InChI is InChI=1S/C17H27F3N4O2S2/c1-12(10-15-5-4-13(2)27-15)23-16(21-3)22-11-14-6-8-24(9-7-14)28(25,26)17(18,19)20/h4-5,12,14H,6-11H2,1-3H3,(H2,21,22,23). The van der Waals surface area contributed by atoms with Gasteiger partial charge in [-0.25, -0.2) is 8.42 Å². The van der Waals surface area contributed by atoms with Crippen LogP contribution in [0.2, 0.25) is 0 Å². The molecule has 0 amide bonds. The summed E-state index contributed by atoms with van der Waals surface area (Å²) in [5, 5.41) is 6.50. The Labute approximate surface area is 168 Å². The second-order valence-corrected chi connectivity index (χ2v) is 10.3. The highest BCUT2D eigenvalue weighted by Gasteiger charge is 2.50. The van der Waals surface area contributed by atoms with Crippen molar-refractivity contribution < 1.29 is 21.6 Å². The quantitative estimate of drug-likeness (QED) is 0.527. The second-order valence-electron chi connectivity index (χ2n) is 7.01. The SMILES string of the molecule is CN=C(NCC1CCN(S(=O)(=O)C(F)(F)F)CC1)NC(C)Cc1ccc(C)s1. The van der Waals surface area contributed by atoms with Crippen LogP contribution in [0.1, 0.15) is 29.5 Å². The van der Waals surface area contributed by atoms with Gasteiger partial charge in [0.1, 0.15) is 0 Å². The lowest BCUT2D eigenvalue weighted by atomic mass is 9.98. The molecule has 1 atom stereocenters. The molecule has 0 spiro atoms. The molecule has 2 heterocycles.